The maximum Gasteiger partial charge on any atom is 0.156 e. The first kappa shape index (κ1) is 16.6. The van der Waals surface area contributed by atoms with Crippen molar-refractivity contribution in [3.8, 4) is 5.75 Å². The van der Waals surface area contributed by atoms with Crippen LogP contribution in [0.15, 0.2) is 16.6 Å². The third-order valence-electron chi connectivity index (χ3n) is 3.06. The van der Waals surface area contributed by atoms with E-state index in [0.29, 0.717) is 5.02 Å². The Balaban J connectivity index is 2.36. The van der Waals surface area contributed by atoms with E-state index in [1.165, 1.54) is 38.5 Å². The van der Waals surface area contributed by atoms with Crippen LogP contribution in [0.4, 0.5) is 5.69 Å². The highest BCUT2D eigenvalue weighted by atomic mass is 79.9. The van der Waals surface area contributed by atoms with Crippen LogP contribution in [0.2, 0.25) is 5.02 Å². The molecule has 0 unspecified atom stereocenters. The van der Waals surface area contributed by atoms with Crippen molar-refractivity contribution in [3.63, 3.8) is 0 Å². The lowest BCUT2D eigenvalue weighted by Gasteiger charge is -2.13. The first-order valence-electron chi connectivity index (χ1n) is 6.96. The van der Waals surface area contributed by atoms with Crippen LogP contribution in [0, 0.1) is 0 Å². The van der Waals surface area contributed by atoms with Gasteiger partial charge < -0.3 is 10.1 Å². The normalized spacial score (nSPS) is 10.5. The van der Waals surface area contributed by atoms with Crippen LogP contribution in [0.5, 0.6) is 5.75 Å². The number of unbranched alkanes of at least 4 members (excludes halogenated alkanes) is 5. The third-order valence-corrected chi connectivity index (χ3v) is 3.87. The Kier molecular flexibility index (Phi) is 8.31. The molecular weight excluding hydrogens is 326 g/mol. The van der Waals surface area contributed by atoms with Crippen LogP contribution in [0.25, 0.3) is 0 Å². The standard InChI is InChI=1S/C15H23BrClNO/c1-3-4-5-6-7-8-9-18-14-11-12(17)10-13(16)15(14)19-2/h10-11,18H,3-9H2,1-2H3. The van der Waals surface area contributed by atoms with Gasteiger partial charge in [-0.3, -0.25) is 0 Å². The number of halogens is 2. The van der Waals surface area contributed by atoms with Gasteiger partial charge in [-0.15, -0.1) is 0 Å². The number of rotatable bonds is 9. The number of hydrogen-bond acceptors (Lipinski definition) is 2. The van der Waals surface area contributed by atoms with E-state index < -0.39 is 0 Å². The summed E-state index contributed by atoms with van der Waals surface area (Å²) in [5.41, 5.74) is 0.954. The summed E-state index contributed by atoms with van der Waals surface area (Å²) in [7, 11) is 1.67. The SMILES string of the molecule is CCCCCCCCNc1cc(Cl)cc(Br)c1OC. The fraction of sp³-hybridized carbons (Fsp3) is 0.600. The summed E-state index contributed by atoms with van der Waals surface area (Å²) in [4.78, 5) is 0. The fourth-order valence-corrected chi connectivity index (χ4v) is 3.00. The van der Waals surface area contributed by atoms with Gasteiger partial charge in [0.1, 0.15) is 0 Å². The summed E-state index contributed by atoms with van der Waals surface area (Å²) in [5.74, 6) is 0.815. The van der Waals surface area contributed by atoms with E-state index in [0.717, 1.165) is 22.5 Å². The Morgan fingerprint density at radius 2 is 1.84 bits per heavy atom. The molecule has 0 radical (unpaired) electrons. The lowest BCUT2D eigenvalue weighted by Crippen LogP contribution is -2.03. The topological polar surface area (TPSA) is 21.3 Å². The van der Waals surface area contributed by atoms with Gasteiger partial charge in [-0.25, -0.2) is 0 Å². The third kappa shape index (κ3) is 6.05. The minimum atomic E-state index is 0.707. The summed E-state index contributed by atoms with van der Waals surface area (Å²) >= 11 is 9.51. The van der Waals surface area contributed by atoms with Crippen molar-refractivity contribution in [2.24, 2.45) is 0 Å². The van der Waals surface area contributed by atoms with Crippen molar-refractivity contribution in [2.45, 2.75) is 45.4 Å². The number of benzene rings is 1. The molecule has 1 aromatic rings. The van der Waals surface area contributed by atoms with E-state index in [1.807, 2.05) is 12.1 Å². The molecule has 1 rings (SSSR count). The van der Waals surface area contributed by atoms with Crippen LogP contribution in [0.1, 0.15) is 45.4 Å². The highest BCUT2D eigenvalue weighted by Crippen LogP contribution is 2.36. The summed E-state index contributed by atoms with van der Waals surface area (Å²) in [6, 6.07) is 3.75. The van der Waals surface area contributed by atoms with Gasteiger partial charge in [0.15, 0.2) is 5.75 Å². The van der Waals surface area contributed by atoms with Crippen molar-refractivity contribution in [2.75, 3.05) is 19.0 Å². The monoisotopic (exact) mass is 347 g/mol. The van der Waals surface area contributed by atoms with Gasteiger partial charge in [0.05, 0.1) is 17.3 Å². The maximum atomic E-state index is 6.05. The van der Waals surface area contributed by atoms with Crippen molar-refractivity contribution < 1.29 is 4.74 Å². The first-order chi connectivity index (χ1) is 9.19. The van der Waals surface area contributed by atoms with E-state index in [2.05, 4.69) is 28.2 Å². The molecule has 0 heterocycles. The molecule has 1 aromatic carbocycles. The van der Waals surface area contributed by atoms with Crippen molar-refractivity contribution in [3.05, 3.63) is 21.6 Å². The molecule has 0 spiro atoms. The quantitative estimate of drug-likeness (QED) is 0.562. The summed E-state index contributed by atoms with van der Waals surface area (Å²) in [6.07, 6.45) is 7.77. The number of nitrogens with one attached hydrogen (secondary N) is 1. The molecule has 0 aromatic heterocycles. The predicted molar refractivity (Wildman–Crippen MR) is 87.6 cm³/mol. The van der Waals surface area contributed by atoms with Crippen LogP contribution in [-0.4, -0.2) is 13.7 Å². The number of hydrogen-bond donors (Lipinski definition) is 1. The Morgan fingerprint density at radius 1 is 1.16 bits per heavy atom. The molecule has 0 aliphatic heterocycles. The molecule has 0 bridgehead atoms. The second kappa shape index (κ2) is 9.49. The molecule has 0 atom stereocenters. The Labute approximate surface area is 130 Å². The van der Waals surface area contributed by atoms with Crippen LogP contribution in [-0.2, 0) is 0 Å². The highest BCUT2D eigenvalue weighted by Gasteiger charge is 2.08. The molecule has 2 nitrogen and oxygen atoms in total. The molecule has 0 amide bonds. The Morgan fingerprint density at radius 3 is 2.53 bits per heavy atom. The van der Waals surface area contributed by atoms with Crippen LogP contribution >= 0.6 is 27.5 Å². The van der Waals surface area contributed by atoms with Crippen molar-refractivity contribution >= 4 is 33.2 Å². The molecular formula is C15H23BrClNO. The Hall–Kier alpha value is -0.410. The van der Waals surface area contributed by atoms with Gasteiger partial charge in [0.2, 0.25) is 0 Å². The molecule has 0 aliphatic carbocycles. The van der Waals surface area contributed by atoms with Gasteiger partial charge >= 0.3 is 0 Å². The molecule has 108 valence electrons. The first-order valence-corrected chi connectivity index (χ1v) is 8.13. The zero-order valence-electron chi connectivity index (χ0n) is 11.8. The van der Waals surface area contributed by atoms with Crippen molar-refractivity contribution in [1.82, 2.24) is 0 Å². The molecule has 1 N–H and O–H groups in total. The molecule has 4 heteroatoms. The molecule has 0 aliphatic rings. The van der Waals surface area contributed by atoms with Crippen LogP contribution < -0.4 is 10.1 Å². The molecule has 0 fully saturated rings. The molecule has 19 heavy (non-hydrogen) atoms. The van der Waals surface area contributed by atoms with Gasteiger partial charge in [-0.2, -0.15) is 0 Å². The lowest BCUT2D eigenvalue weighted by atomic mass is 10.1. The van der Waals surface area contributed by atoms with E-state index in [4.69, 9.17) is 16.3 Å². The Bertz CT molecular complexity index is 385. The second-order valence-corrected chi connectivity index (χ2v) is 5.95. The van der Waals surface area contributed by atoms with E-state index >= 15 is 0 Å². The number of anilines is 1. The zero-order chi connectivity index (χ0) is 14.1. The summed E-state index contributed by atoms with van der Waals surface area (Å²) in [5, 5.41) is 4.10. The number of ether oxygens (including phenoxy) is 1. The van der Waals surface area contributed by atoms with Crippen LogP contribution in [0.3, 0.4) is 0 Å². The average Bonchev–Trinajstić information content (AvgIpc) is 2.37. The van der Waals surface area contributed by atoms with E-state index in [9.17, 15) is 0 Å². The second-order valence-electron chi connectivity index (χ2n) is 4.66. The maximum absolute atomic E-state index is 6.05. The smallest absolute Gasteiger partial charge is 0.156 e. The van der Waals surface area contributed by atoms with Crippen molar-refractivity contribution in [1.29, 1.82) is 0 Å². The van der Waals surface area contributed by atoms with Gasteiger partial charge in [0, 0.05) is 11.6 Å². The lowest BCUT2D eigenvalue weighted by molar-refractivity contribution is 0.414. The summed E-state index contributed by atoms with van der Waals surface area (Å²) in [6.45, 7) is 3.19. The molecule has 0 saturated carbocycles. The zero-order valence-corrected chi connectivity index (χ0v) is 14.1. The van der Waals surface area contributed by atoms with E-state index in [-0.39, 0.29) is 0 Å². The minimum Gasteiger partial charge on any atom is -0.493 e. The van der Waals surface area contributed by atoms with Gasteiger partial charge in [-0.05, 0) is 34.5 Å². The average molecular weight is 349 g/mol. The van der Waals surface area contributed by atoms with E-state index in [1.54, 1.807) is 7.11 Å². The van der Waals surface area contributed by atoms with Gasteiger partial charge in [0.25, 0.3) is 0 Å². The largest absolute Gasteiger partial charge is 0.493 e. The minimum absolute atomic E-state index is 0.707. The van der Waals surface area contributed by atoms with Gasteiger partial charge in [-0.1, -0.05) is 50.6 Å². The summed E-state index contributed by atoms with van der Waals surface area (Å²) < 4.78 is 6.26. The molecule has 0 saturated heterocycles. The fourth-order valence-electron chi connectivity index (χ4n) is 2.03. The number of methoxy groups -OCH3 is 1. The predicted octanol–water partition coefficient (Wildman–Crippen LogP) is 5.88. The highest BCUT2D eigenvalue weighted by molar-refractivity contribution is 9.10.